The van der Waals surface area contributed by atoms with E-state index in [2.05, 4.69) is 5.32 Å². The summed E-state index contributed by atoms with van der Waals surface area (Å²) in [4.78, 5) is 22.3. The van der Waals surface area contributed by atoms with E-state index in [0.29, 0.717) is 11.1 Å². The number of carbonyl (C=O) groups excluding carboxylic acids is 2. The molecule has 0 aliphatic rings. The van der Waals surface area contributed by atoms with E-state index in [1.165, 1.54) is 24.3 Å². The van der Waals surface area contributed by atoms with Crippen molar-refractivity contribution in [3.8, 4) is 0 Å². The van der Waals surface area contributed by atoms with Crippen LogP contribution in [0.25, 0.3) is 0 Å². The van der Waals surface area contributed by atoms with E-state index in [1.807, 2.05) is 0 Å². The van der Waals surface area contributed by atoms with Crippen LogP contribution in [-0.2, 0) is 20.4 Å². The zero-order valence-electron chi connectivity index (χ0n) is 10.9. The number of nitrogens with two attached hydrogens (primary N) is 1. The molecule has 0 aliphatic carbocycles. The second kappa shape index (κ2) is 6.49. The molecule has 110 valence electrons. The highest BCUT2D eigenvalue weighted by Crippen LogP contribution is 2.07. The summed E-state index contributed by atoms with van der Waals surface area (Å²) >= 11 is 0. The second-order valence-electron chi connectivity index (χ2n) is 4.40. The van der Waals surface area contributed by atoms with Crippen molar-refractivity contribution >= 4 is 21.7 Å². The summed E-state index contributed by atoms with van der Waals surface area (Å²) in [6, 6.07) is 5.99. The molecule has 1 rings (SSSR count). The standard InChI is InChI=1S/C12H16N2O5S/c1-20(18,19)7-8-2-4-9(5-3-8)12(17)14-6-10(15)11(13)16/h2-5,10,15H,6-7H2,1H3,(H2,13,16)(H,14,17). The molecule has 4 N–H and O–H groups in total. The lowest BCUT2D eigenvalue weighted by molar-refractivity contribution is -0.125. The SMILES string of the molecule is CS(=O)(=O)Cc1ccc(C(=O)NCC(O)C(N)=O)cc1. The fourth-order valence-corrected chi connectivity index (χ4v) is 2.25. The van der Waals surface area contributed by atoms with Crippen LogP contribution in [0.1, 0.15) is 15.9 Å². The highest BCUT2D eigenvalue weighted by molar-refractivity contribution is 7.89. The van der Waals surface area contributed by atoms with Crippen LogP contribution in [0.5, 0.6) is 0 Å². The zero-order valence-corrected chi connectivity index (χ0v) is 11.7. The summed E-state index contributed by atoms with van der Waals surface area (Å²) in [5.41, 5.74) is 5.70. The normalized spacial score (nSPS) is 12.7. The van der Waals surface area contributed by atoms with E-state index in [4.69, 9.17) is 10.8 Å². The number of hydrogen-bond acceptors (Lipinski definition) is 5. The minimum Gasteiger partial charge on any atom is -0.381 e. The first kappa shape index (κ1) is 16.1. The summed E-state index contributed by atoms with van der Waals surface area (Å²) in [6.07, 6.45) is -0.317. The Balaban J connectivity index is 2.64. The fraction of sp³-hybridized carbons (Fsp3) is 0.333. The van der Waals surface area contributed by atoms with Crippen LogP contribution >= 0.6 is 0 Å². The van der Waals surface area contributed by atoms with Crippen molar-refractivity contribution in [1.29, 1.82) is 0 Å². The minimum absolute atomic E-state index is 0.102. The van der Waals surface area contributed by atoms with Crippen molar-refractivity contribution in [3.05, 3.63) is 35.4 Å². The molecule has 1 aromatic carbocycles. The average Bonchev–Trinajstić information content (AvgIpc) is 2.34. The van der Waals surface area contributed by atoms with E-state index >= 15 is 0 Å². The van der Waals surface area contributed by atoms with E-state index in [-0.39, 0.29) is 12.3 Å². The lowest BCUT2D eigenvalue weighted by Crippen LogP contribution is -2.39. The predicted molar refractivity (Wildman–Crippen MR) is 72.5 cm³/mol. The van der Waals surface area contributed by atoms with Gasteiger partial charge in [0.15, 0.2) is 9.84 Å². The van der Waals surface area contributed by atoms with Crippen molar-refractivity contribution in [2.75, 3.05) is 12.8 Å². The Labute approximate surface area is 116 Å². The van der Waals surface area contributed by atoms with Crippen LogP contribution in [-0.4, -0.2) is 44.2 Å². The van der Waals surface area contributed by atoms with Gasteiger partial charge in [-0.3, -0.25) is 9.59 Å². The molecule has 0 saturated carbocycles. The van der Waals surface area contributed by atoms with Gasteiger partial charge in [0.05, 0.1) is 12.3 Å². The maximum absolute atomic E-state index is 11.7. The Hall–Kier alpha value is -1.93. The topological polar surface area (TPSA) is 127 Å². The predicted octanol–water partition coefficient (Wildman–Crippen LogP) is -1.19. The molecule has 8 heteroatoms. The van der Waals surface area contributed by atoms with Gasteiger partial charge in [-0.15, -0.1) is 0 Å². The van der Waals surface area contributed by atoms with E-state index in [1.54, 1.807) is 0 Å². The Morgan fingerprint density at radius 2 is 1.85 bits per heavy atom. The van der Waals surface area contributed by atoms with E-state index in [0.717, 1.165) is 6.26 Å². The molecule has 0 saturated heterocycles. The van der Waals surface area contributed by atoms with Gasteiger partial charge in [0.2, 0.25) is 5.91 Å². The highest BCUT2D eigenvalue weighted by Gasteiger charge is 2.13. The van der Waals surface area contributed by atoms with E-state index in [9.17, 15) is 18.0 Å². The molecule has 1 aromatic rings. The van der Waals surface area contributed by atoms with Gasteiger partial charge in [-0.25, -0.2) is 8.42 Å². The first-order chi connectivity index (χ1) is 9.19. The maximum Gasteiger partial charge on any atom is 0.251 e. The summed E-state index contributed by atoms with van der Waals surface area (Å²) in [7, 11) is -3.13. The van der Waals surface area contributed by atoms with Crippen LogP contribution in [0.4, 0.5) is 0 Å². The Morgan fingerprint density at radius 3 is 2.30 bits per heavy atom. The molecule has 0 spiro atoms. The van der Waals surface area contributed by atoms with Gasteiger partial charge in [-0.1, -0.05) is 12.1 Å². The van der Waals surface area contributed by atoms with Gasteiger partial charge in [-0.05, 0) is 17.7 Å². The molecule has 2 amide bonds. The van der Waals surface area contributed by atoms with Gasteiger partial charge in [-0.2, -0.15) is 0 Å². The Morgan fingerprint density at radius 1 is 1.30 bits per heavy atom. The van der Waals surface area contributed by atoms with Crippen molar-refractivity contribution < 1.29 is 23.1 Å². The minimum atomic E-state index is -3.13. The monoisotopic (exact) mass is 300 g/mol. The third-order valence-electron chi connectivity index (χ3n) is 2.43. The lowest BCUT2D eigenvalue weighted by atomic mass is 10.1. The number of nitrogens with one attached hydrogen (secondary N) is 1. The van der Waals surface area contributed by atoms with Crippen LogP contribution in [0, 0.1) is 0 Å². The lowest BCUT2D eigenvalue weighted by Gasteiger charge is -2.08. The number of carbonyl (C=O) groups is 2. The summed E-state index contributed by atoms with van der Waals surface area (Å²) in [5, 5.41) is 11.5. The molecule has 0 heterocycles. The first-order valence-corrected chi connectivity index (χ1v) is 7.77. The molecule has 0 aliphatic heterocycles. The van der Waals surface area contributed by atoms with E-state index < -0.39 is 27.8 Å². The summed E-state index contributed by atoms with van der Waals surface area (Å²) in [6.45, 7) is -0.279. The van der Waals surface area contributed by atoms with Gasteiger partial charge in [0, 0.05) is 11.8 Å². The number of hydrogen-bond donors (Lipinski definition) is 3. The van der Waals surface area contributed by atoms with Crippen molar-refractivity contribution in [2.45, 2.75) is 11.9 Å². The Kier molecular flexibility index (Phi) is 5.23. The molecule has 20 heavy (non-hydrogen) atoms. The largest absolute Gasteiger partial charge is 0.381 e. The third kappa shape index (κ3) is 5.37. The van der Waals surface area contributed by atoms with Crippen molar-refractivity contribution in [1.82, 2.24) is 5.32 Å². The summed E-state index contributed by atoms with van der Waals surface area (Å²) in [5.74, 6) is -1.51. The number of primary amides is 1. The molecule has 7 nitrogen and oxygen atoms in total. The Bertz CT molecular complexity index is 595. The number of rotatable bonds is 6. The highest BCUT2D eigenvalue weighted by atomic mass is 32.2. The number of sulfone groups is 1. The number of amides is 2. The second-order valence-corrected chi connectivity index (χ2v) is 6.54. The molecular formula is C12H16N2O5S. The van der Waals surface area contributed by atoms with Crippen molar-refractivity contribution in [3.63, 3.8) is 0 Å². The van der Waals surface area contributed by atoms with Gasteiger partial charge in [0.1, 0.15) is 6.10 Å². The quantitative estimate of drug-likeness (QED) is 0.608. The maximum atomic E-state index is 11.7. The average molecular weight is 300 g/mol. The number of aliphatic hydroxyl groups is 1. The number of benzene rings is 1. The molecule has 0 aromatic heterocycles. The molecule has 0 fully saturated rings. The molecule has 1 unspecified atom stereocenters. The molecule has 0 radical (unpaired) electrons. The molecule has 0 bridgehead atoms. The van der Waals surface area contributed by atoms with Crippen LogP contribution in [0.15, 0.2) is 24.3 Å². The smallest absolute Gasteiger partial charge is 0.251 e. The first-order valence-electron chi connectivity index (χ1n) is 5.71. The van der Waals surface area contributed by atoms with Crippen LogP contribution in [0.3, 0.4) is 0 Å². The van der Waals surface area contributed by atoms with Crippen LogP contribution < -0.4 is 11.1 Å². The molecular weight excluding hydrogens is 284 g/mol. The van der Waals surface area contributed by atoms with Gasteiger partial charge < -0.3 is 16.2 Å². The van der Waals surface area contributed by atoms with Gasteiger partial charge >= 0.3 is 0 Å². The number of aliphatic hydroxyl groups excluding tert-OH is 1. The van der Waals surface area contributed by atoms with Crippen LogP contribution in [0.2, 0.25) is 0 Å². The zero-order chi connectivity index (χ0) is 15.3. The van der Waals surface area contributed by atoms with Gasteiger partial charge in [0.25, 0.3) is 5.91 Å². The van der Waals surface area contributed by atoms with Crippen molar-refractivity contribution in [2.24, 2.45) is 5.73 Å². The summed E-state index contributed by atoms with van der Waals surface area (Å²) < 4.78 is 22.2. The third-order valence-corrected chi connectivity index (χ3v) is 3.29. The fourth-order valence-electron chi connectivity index (χ4n) is 1.45. The molecule has 1 atom stereocenters.